The summed E-state index contributed by atoms with van der Waals surface area (Å²) in [6, 6.07) is 19.8. The summed E-state index contributed by atoms with van der Waals surface area (Å²) in [7, 11) is 0. The number of halogens is 1. The molecule has 3 aromatic rings. The molecular weight excluding hydrogens is 372 g/mol. The van der Waals surface area contributed by atoms with E-state index in [1.165, 1.54) is 11.1 Å². The van der Waals surface area contributed by atoms with E-state index in [2.05, 4.69) is 34.5 Å². The van der Waals surface area contributed by atoms with Gasteiger partial charge in [-0.15, -0.1) is 0 Å². The largest absolute Gasteiger partial charge is 0.468 e. The highest BCUT2D eigenvalue weighted by molar-refractivity contribution is 6.30. The van der Waals surface area contributed by atoms with Gasteiger partial charge < -0.3 is 9.73 Å². The molecule has 4 rings (SSSR count). The van der Waals surface area contributed by atoms with Crippen LogP contribution in [0, 0.1) is 0 Å². The number of carbonyl (C=O) groups excluding carboxylic acids is 1. The number of hydrogen-bond donors (Lipinski definition) is 1. The lowest BCUT2D eigenvalue weighted by molar-refractivity contribution is -0.120. The number of hydrogen-bond acceptors (Lipinski definition) is 3. The van der Waals surface area contributed by atoms with Crippen LogP contribution in [-0.2, 0) is 24.2 Å². The third kappa shape index (κ3) is 4.46. The van der Waals surface area contributed by atoms with E-state index in [0.29, 0.717) is 18.0 Å². The highest BCUT2D eigenvalue weighted by Crippen LogP contribution is 2.27. The van der Waals surface area contributed by atoms with Crippen molar-refractivity contribution < 1.29 is 9.21 Å². The Hall–Kier alpha value is -2.56. The molecule has 28 heavy (non-hydrogen) atoms. The minimum absolute atomic E-state index is 0.00344. The van der Waals surface area contributed by atoms with E-state index >= 15 is 0 Å². The van der Waals surface area contributed by atoms with Crippen molar-refractivity contribution in [2.24, 2.45) is 0 Å². The molecule has 0 saturated heterocycles. The quantitative estimate of drug-likeness (QED) is 0.674. The lowest BCUT2D eigenvalue weighted by Crippen LogP contribution is -2.40. The Morgan fingerprint density at radius 1 is 1.07 bits per heavy atom. The topological polar surface area (TPSA) is 45.5 Å². The Bertz CT molecular complexity index is 922. The van der Waals surface area contributed by atoms with Gasteiger partial charge in [0.15, 0.2) is 0 Å². The molecule has 0 saturated carbocycles. The Morgan fingerprint density at radius 2 is 1.86 bits per heavy atom. The van der Waals surface area contributed by atoms with Gasteiger partial charge >= 0.3 is 0 Å². The summed E-state index contributed by atoms with van der Waals surface area (Å²) in [6.07, 6.45) is 3.03. The summed E-state index contributed by atoms with van der Waals surface area (Å²) in [5.41, 5.74) is 3.70. The summed E-state index contributed by atoms with van der Waals surface area (Å²) in [5, 5.41) is 3.76. The zero-order valence-electron chi connectivity index (χ0n) is 15.6. The van der Waals surface area contributed by atoms with E-state index in [-0.39, 0.29) is 11.9 Å². The fraction of sp³-hybridized carbons (Fsp3) is 0.261. The summed E-state index contributed by atoms with van der Waals surface area (Å²) in [6.45, 7) is 2.31. The van der Waals surface area contributed by atoms with Crippen LogP contribution in [0.5, 0.6) is 0 Å². The van der Waals surface area contributed by atoms with Crippen molar-refractivity contribution in [1.29, 1.82) is 0 Å². The maximum atomic E-state index is 12.5. The van der Waals surface area contributed by atoms with Crippen molar-refractivity contribution in [1.82, 2.24) is 10.2 Å². The molecule has 1 atom stereocenters. The Kier molecular flexibility index (Phi) is 5.79. The van der Waals surface area contributed by atoms with Gasteiger partial charge in [0.05, 0.1) is 18.7 Å². The second-order valence-electron chi connectivity index (χ2n) is 7.13. The monoisotopic (exact) mass is 394 g/mol. The molecule has 5 heteroatoms. The summed E-state index contributed by atoms with van der Waals surface area (Å²) >= 11 is 5.91. The molecule has 1 amide bonds. The number of nitrogens with zero attached hydrogens (tertiary/aromatic N) is 1. The predicted molar refractivity (Wildman–Crippen MR) is 110 cm³/mol. The Morgan fingerprint density at radius 3 is 2.61 bits per heavy atom. The predicted octanol–water partition coefficient (Wildman–Crippen LogP) is 4.39. The fourth-order valence-corrected chi connectivity index (χ4v) is 3.86. The molecule has 0 unspecified atom stereocenters. The van der Waals surface area contributed by atoms with Crippen LogP contribution < -0.4 is 5.32 Å². The molecule has 1 aliphatic heterocycles. The molecule has 0 aliphatic carbocycles. The van der Waals surface area contributed by atoms with E-state index in [4.69, 9.17) is 16.0 Å². The minimum Gasteiger partial charge on any atom is -0.468 e. The highest BCUT2D eigenvalue weighted by atomic mass is 35.5. The lowest BCUT2D eigenvalue weighted by Gasteiger charge is -2.34. The summed E-state index contributed by atoms with van der Waals surface area (Å²) < 4.78 is 5.69. The molecule has 0 spiro atoms. The zero-order chi connectivity index (χ0) is 19.3. The van der Waals surface area contributed by atoms with Crippen molar-refractivity contribution in [3.63, 3.8) is 0 Å². The first-order valence-corrected chi connectivity index (χ1v) is 9.92. The van der Waals surface area contributed by atoms with Gasteiger partial charge in [0, 0.05) is 24.7 Å². The van der Waals surface area contributed by atoms with Gasteiger partial charge in [-0.3, -0.25) is 9.69 Å². The molecule has 144 valence electrons. The van der Waals surface area contributed by atoms with Crippen molar-refractivity contribution in [2.45, 2.75) is 25.4 Å². The molecule has 2 heterocycles. The van der Waals surface area contributed by atoms with Crippen LogP contribution in [-0.4, -0.2) is 23.9 Å². The average molecular weight is 395 g/mol. The Labute approximate surface area is 170 Å². The third-order valence-corrected chi connectivity index (χ3v) is 5.50. The van der Waals surface area contributed by atoms with Gasteiger partial charge in [0.2, 0.25) is 5.91 Å². The van der Waals surface area contributed by atoms with Crippen LogP contribution in [0.3, 0.4) is 0 Å². The second kappa shape index (κ2) is 8.63. The normalized spacial score (nSPS) is 15.0. The van der Waals surface area contributed by atoms with E-state index < -0.39 is 0 Å². The van der Waals surface area contributed by atoms with Crippen molar-refractivity contribution in [2.75, 3.05) is 13.1 Å². The van der Waals surface area contributed by atoms with Crippen molar-refractivity contribution in [3.8, 4) is 0 Å². The average Bonchev–Trinajstić information content (AvgIpc) is 3.24. The molecule has 1 aromatic heterocycles. The first-order chi connectivity index (χ1) is 13.7. The summed E-state index contributed by atoms with van der Waals surface area (Å²) in [4.78, 5) is 14.8. The number of fused-ring (bicyclic) bond motifs is 1. The smallest absolute Gasteiger partial charge is 0.224 e. The van der Waals surface area contributed by atoms with Crippen molar-refractivity contribution >= 4 is 17.5 Å². The minimum atomic E-state index is -0.00344. The van der Waals surface area contributed by atoms with E-state index in [0.717, 1.165) is 30.8 Å². The SMILES string of the molecule is O=C(Cc1ccc(Cl)cc1)NC[C@@H](c1ccco1)N1CCc2ccccc2C1. The van der Waals surface area contributed by atoms with Gasteiger partial charge in [0.25, 0.3) is 0 Å². The van der Waals surface area contributed by atoms with Gasteiger partial charge in [-0.2, -0.15) is 0 Å². The van der Waals surface area contributed by atoms with Crippen LogP contribution in [0.15, 0.2) is 71.3 Å². The summed E-state index contributed by atoms with van der Waals surface area (Å²) in [5.74, 6) is 0.877. The molecule has 0 bridgehead atoms. The maximum Gasteiger partial charge on any atom is 0.224 e. The number of furan rings is 1. The lowest BCUT2D eigenvalue weighted by atomic mass is 9.98. The van der Waals surface area contributed by atoms with Crippen LogP contribution >= 0.6 is 11.6 Å². The standard InChI is InChI=1S/C23H23ClN2O2/c24-20-9-7-17(8-10-20)14-23(27)25-15-21(22-6-3-13-28-22)26-12-11-18-4-1-2-5-19(18)16-26/h1-10,13,21H,11-12,14-16H2,(H,25,27)/t21-/m0/s1. The first kappa shape index (κ1) is 18.8. The molecule has 4 nitrogen and oxygen atoms in total. The van der Waals surface area contributed by atoms with Crippen LogP contribution in [0.4, 0.5) is 0 Å². The van der Waals surface area contributed by atoms with Crippen LogP contribution in [0.2, 0.25) is 5.02 Å². The number of benzene rings is 2. The number of amides is 1. The van der Waals surface area contributed by atoms with Gasteiger partial charge in [-0.1, -0.05) is 48.0 Å². The number of nitrogens with one attached hydrogen (secondary N) is 1. The molecule has 1 N–H and O–H groups in total. The molecule has 1 aliphatic rings. The first-order valence-electron chi connectivity index (χ1n) is 9.54. The zero-order valence-corrected chi connectivity index (χ0v) is 16.4. The third-order valence-electron chi connectivity index (χ3n) is 5.24. The van der Waals surface area contributed by atoms with Gasteiger partial charge in [0.1, 0.15) is 5.76 Å². The van der Waals surface area contributed by atoms with Crippen LogP contribution in [0.25, 0.3) is 0 Å². The fourth-order valence-electron chi connectivity index (χ4n) is 3.73. The molecule has 2 aromatic carbocycles. The molecular formula is C23H23ClN2O2. The van der Waals surface area contributed by atoms with Gasteiger partial charge in [-0.25, -0.2) is 0 Å². The van der Waals surface area contributed by atoms with E-state index in [1.54, 1.807) is 18.4 Å². The molecule has 0 radical (unpaired) electrons. The number of rotatable bonds is 6. The van der Waals surface area contributed by atoms with Gasteiger partial charge in [-0.05, 0) is 47.4 Å². The maximum absolute atomic E-state index is 12.5. The molecule has 0 fully saturated rings. The highest BCUT2D eigenvalue weighted by Gasteiger charge is 2.27. The van der Waals surface area contributed by atoms with Crippen LogP contribution in [0.1, 0.15) is 28.5 Å². The van der Waals surface area contributed by atoms with E-state index in [1.807, 2.05) is 24.3 Å². The van der Waals surface area contributed by atoms with Crippen molar-refractivity contribution in [3.05, 3.63) is 94.4 Å². The second-order valence-corrected chi connectivity index (χ2v) is 7.56. The number of carbonyl (C=O) groups is 1. The Balaban J connectivity index is 1.43. The van der Waals surface area contributed by atoms with E-state index in [9.17, 15) is 4.79 Å².